The van der Waals surface area contributed by atoms with Gasteiger partial charge in [0, 0.05) is 6.08 Å². The molecule has 1 unspecified atom stereocenters. The third kappa shape index (κ3) is 2.78. The van der Waals surface area contributed by atoms with Crippen LogP contribution in [0.3, 0.4) is 0 Å². The standard InChI is InChI=1S/C12H18O4/c1-4-15-10(13)7-5-6-8-12(3)9(2)11(14)16-12/h5,7,14H,4,6,8H2,1-3H3/b7-5+. The summed E-state index contributed by atoms with van der Waals surface area (Å²) in [6, 6.07) is 0. The van der Waals surface area contributed by atoms with Crippen LogP contribution in [0.2, 0.25) is 0 Å². The number of rotatable bonds is 5. The van der Waals surface area contributed by atoms with Crippen molar-refractivity contribution in [3.8, 4) is 0 Å². The molecule has 1 aliphatic heterocycles. The highest BCUT2D eigenvalue weighted by Gasteiger charge is 2.40. The van der Waals surface area contributed by atoms with Crippen molar-refractivity contribution < 1.29 is 19.4 Å². The van der Waals surface area contributed by atoms with Gasteiger partial charge in [-0.15, -0.1) is 0 Å². The quantitative estimate of drug-likeness (QED) is 0.578. The lowest BCUT2D eigenvalue weighted by atomic mass is 9.88. The molecule has 0 saturated heterocycles. The van der Waals surface area contributed by atoms with E-state index in [1.165, 1.54) is 6.08 Å². The Balaban J connectivity index is 2.30. The molecule has 1 N–H and O–H groups in total. The molecule has 1 aliphatic rings. The van der Waals surface area contributed by atoms with Crippen molar-refractivity contribution >= 4 is 5.97 Å². The summed E-state index contributed by atoms with van der Waals surface area (Å²) in [6.07, 6.45) is 4.62. The van der Waals surface area contributed by atoms with Gasteiger partial charge in [-0.2, -0.15) is 0 Å². The molecular formula is C12H18O4. The molecule has 0 spiro atoms. The first-order valence-corrected chi connectivity index (χ1v) is 5.42. The second-order valence-corrected chi connectivity index (χ2v) is 3.96. The lowest BCUT2D eigenvalue weighted by molar-refractivity contribution is -0.137. The second-order valence-electron chi connectivity index (χ2n) is 3.96. The Hall–Kier alpha value is -1.45. The summed E-state index contributed by atoms with van der Waals surface area (Å²) in [5.74, 6) is -0.297. The van der Waals surface area contributed by atoms with Crippen molar-refractivity contribution in [2.24, 2.45) is 0 Å². The van der Waals surface area contributed by atoms with Gasteiger partial charge in [0.1, 0.15) is 5.60 Å². The Morgan fingerprint density at radius 1 is 1.62 bits per heavy atom. The van der Waals surface area contributed by atoms with Crippen LogP contribution in [0.25, 0.3) is 0 Å². The largest absolute Gasteiger partial charge is 0.481 e. The Bertz CT molecular complexity index is 330. The molecule has 0 saturated carbocycles. The monoisotopic (exact) mass is 226 g/mol. The summed E-state index contributed by atoms with van der Waals surface area (Å²) in [6.45, 7) is 5.92. The topological polar surface area (TPSA) is 55.8 Å². The van der Waals surface area contributed by atoms with Gasteiger partial charge in [-0.25, -0.2) is 4.79 Å². The number of aliphatic hydroxyl groups is 1. The Morgan fingerprint density at radius 2 is 2.31 bits per heavy atom. The van der Waals surface area contributed by atoms with Crippen molar-refractivity contribution in [1.29, 1.82) is 0 Å². The van der Waals surface area contributed by atoms with Crippen molar-refractivity contribution in [3.05, 3.63) is 23.7 Å². The molecule has 0 aromatic rings. The number of hydrogen-bond acceptors (Lipinski definition) is 4. The van der Waals surface area contributed by atoms with Crippen molar-refractivity contribution in [1.82, 2.24) is 0 Å². The van der Waals surface area contributed by atoms with E-state index in [1.807, 2.05) is 13.8 Å². The molecule has 0 aromatic heterocycles. The van der Waals surface area contributed by atoms with Crippen LogP contribution < -0.4 is 0 Å². The molecule has 0 amide bonds. The first-order valence-electron chi connectivity index (χ1n) is 5.42. The first kappa shape index (κ1) is 12.6. The van der Waals surface area contributed by atoms with Crippen LogP contribution in [-0.2, 0) is 14.3 Å². The third-order valence-electron chi connectivity index (χ3n) is 2.76. The van der Waals surface area contributed by atoms with E-state index in [2.05, 4.69) is 0 Å². The van der Waals surface area contributed by atoms with Crippen molar-refractivity contribution in [2.45, 2.75) is 39.2 Å². The Labute approximate surface area is 95.6 Å². The number of hydrogen-bond donors (Lipinski definition) is 1. The van der Waals surface area contributed by atoms with Crippen LogP contribution >= 0.6 is 0 Å². The van der Waals surface area contributed by atoms with E-state index < -0.39 is 0 Å². The van der Waals surface area contributed by atoms with Crippen LogP contribution in [0, 0.1) is 0 Å². The predicted molar refractivity (Wildman–Crippen MR) is 59.8 cm³/mol. The molecule has 4 heteroatoms. The number of ether oxygens (including phenoxy) is 2. The summed E-state index contributed by atoms with van der Waals surface area (Å²) >= 11 is 0. The fourth-order valence-electron chi connectivity index (χ4n) is 1.51. The molecule has 1 atom stereocenters. The van der Waals surface area contributed by atoms with Gasteiger partial charge in [0.25, 0.3) is 5.95 Å². The lowest BCUT2D eigenvalue weighted by Crippen LogP contribution is -2.39. The van der Waals surface area contributed by atoms with Gasteiger partial charge in [0.15, 0.2) is 0 Å². The highest BCUT2D eigenvalue weighted by molar-refractivity contribution is 5.81. The maximum Gasteiger partial charge on any atom is 0.330 e. The smallest absolute Gasteiger partial charge is 0.330 e. The number of esters is 1. The summed E-state index contributed by atoms with van der Waals surface area (Å²) in [7, 11) is 0. The van der Waals surface area contributed by atoms with E-state index in [0.717, 1.165) is 12.0 Å². The van der Waals surface area contributed by atoms with Gasteiger partial charge in [-0.3, -0.25) is 0 Å². The highest BCUT2D eigenvalue weighted by atomic mass is 16.6. The van der Waals surface area contributed by atoms with E-state index in [-0.39, 0.29) is 17.5 Å². The van der Waals surface area contributed by atoms with E-state index in [9.17, 15) is 4.79 Å². The Morgan fingerprint density at radius 3 is 2.81 bits per heavy atom. The van der Waals surface area contributed by atoms with E-state index in [4.69, 9.17) is 14.6 Å². The van der Waals surface area contributed by atoms with Gasteiger partial charge < -0.3 is 14.6 Å². The van der Waals surface area contributed by atoms with Gasteiger partial charge in [0.05, 0.1) is 12.2 Å². The molecule has 0 aromatic carbocycles. The number of allylic oxidation sites excluding steroid dienone is 1. The van der Waals surface area contributed by atoms with Gasteiger partial charge in [-0.05, 0) is 33.6 Å². The molecule has 1 heterocycles. The maximum atomic E-state index is 11.0. The number of carbonyl (C=O) groups excluding carboxylic acids is 1. The van der Waals surface area contributed by atoms with Gasteiger partial charge in [-0.1, -0.05) is 6.08 Å². The predicted octanol–water partition coefficient (Wildman–Crippen LogP) is 2.46. The SMILES string of the molecule is CCOC(=O)/C=C/CCC1(C)OC(O)=C1C. The average Bonchev–Trinajstić information content (AvgIpc) is 2.24. The van der Waals surface area contributed by atoms with Crippen molar-refractivity contribution in [3.63, 3.8) is 0 Å². The molecule has 0 aliphatic carbocycles. The number of carbonyl (C=O) groups is 1. The third-order valence-corrected chi connectivity index (χ3v) is 2.76. The summed E-state index contributed by atoms with van der Waals surface area (Å²) in [5, 5.41) is 9.13. The summed E-state index contributed by atoms with van der Waals surface area (Å²) in [5.41, 5.74) is 0.473. The normalized spacial score (nSPS) is 24.2. The molecule has 1 rings (SSSR count). The lowest BCUT2D eigenvalue weighted by Gasteiger charge is -2.39. The second kappa shape index (κ2) is 5.05. The zero-order chi connectivity index (χ0) is 12.2. The van der Waals surface area contributed by atoms with Crippen LogP contribution in [0.15, 0.2) is 23.7 Å². The molecule has 0 radical (unpaired) electrons. The van der Waals surface area contributed by atoms with Crippen LogP contribution in [0.4, 0.5) is 0 Å². The zero-order valence-corrected chi connectivity index (χ0v) is 9.95. The van der Waals surface area contributed by atoms with E-state index >= 15 is 0 Å². The molecular weight excluding hydrogens is 208 g/mol. The highest BCUT2D eigenvalue weighted by Crippen LogP contribution is 2.38. The van der Waals surface area contributed by atoms with Crippen LogP contribution in [0.1, 0.15) is 33.6 Å². The molecule has 0 bridgehead atoms. The van der Waals surface area contributed by atoms with Gasteiger partial charge >= 0.3 is 5.97 Å². The molecule has 0 fully saturated rings. The van der Waals surface area contributed by atoms with E-state index in [1.54, 1.807) is 13.0 Å². The minimum atomic E-state index is -0.386. The fourth-order valence-corrected chi connectivity index (χ4v) is 1.51. The minimum absolute atomic E-state index is 0.0249. The van der Waals surface area contributed by atoms with Crippen LogP contribution in [-0.4, -0.2) is 23.3 Å². The van der Waals surface area contributed by atoms with Gasteiger partial charge in [0.2, 0.25) is 0 Å². The minimum Gasteiger partial charge on any atom is -0.481 e. The first-order chi connectivity index (χ1) is 7.49. The molecule has 90 valence electrons. The maximum absolute atomic E-state index is 11.0. The average molecular weight is 226 g/mol. The van der Waals surface area contributed by atoms with E-state index in [0.29, 0.717) is 13.0 Å². The molecule has 4 nitrogen and oxygen atoms in total. The van der Waals surface area contributed by atoms with Crippen molar-refractivity contribution in [2.75, 3.05) is 6.61 Å². The number of aliphatic hydroxyl groups excluding tert-OH is 1. The Kier molecular flexibility index (Phi) is 3.99. The summed E-state index contributed by atoms with van der Waals surface area (Å²) in [4.78, 5) is 11.0. The van der Waals surface area contributed by atoms with Crippen LogP contribution in [0.5, 0.6) is 0 Å². The zero-order valence-electron chi connectivity index (χ0n) is 9.95. The summed E-state index contributed by atoms with van der Waals surface area (Å²) < 4.78 is 9.92. The molecule has 16 heavy (non-hydrogen) atoms. The fraction of sp³-hybridized carbons (Fsp3) is 0.583.